The van der Waals surface area contributed by atoms with Gasteiger partial charge in [0.25, 0.3) is 0 Å². The molecule has 0 saturated heterocycles. The average Bonchev–Trinajstić information content (AvgIpc) is 2.61. The zero-order chi connectivity index (χ0) is 16.9. The summed E-state index contributed by atoms with van der Waals surface area (Å²) in [5.74, 6) is -0.207. The number of aryl methyl sites for hydroxylation is 1. The first-order chi connectivity index (χ1) is 11.6. The first kappa shape index (κ1) is 16.2. The van der Waals surface area contributed by atoms with Crippen LogP contribution in [0.25, 0.3) is 5.57 Å². The van der Waals surface area contributed by atoms with Crippen molar-refractivity contribution in [2.24, 2.45) is 0 Å². The van der Waals surface area contributed by atoms with Gasteiger partial charge in [0.2, 0.25) is 0 Å². The molecule has 0 aromatic heterocycles. The SMILES string of the molecule is Cc1cccc(F)c1C1=CCN(C(=O)OCc2ccccc2)CC1. The molecule has 1 heterocycles. The van der Waals surface area contributed by atoms with Crippen LogP contribution in [0.2, 0.25) is 0 Å². The molecule has 0 unspecified atom stereocenters. The van der Waals surface area contributed by atoms with Gasteiger partial charge in [0.15, 0.2) is 0 Å². The fourth-order valence-electron chi connectivity index (χ4n) is 2.91. The highest BCUT2D eigenvalue weighted by Gasteiger charge is 2.21. The summed E-state index contributed by atoms with van der Waals surface area (Å²) >= 11 is 0. The first-order valence-corrected chi connectivity index (χ1v) is 8.05. The van der Waals surface area contributed by atoms with Gasteiger partial charge in [0.1, 0.15) is 12.4 Å². The number of hydrogen-bond acceptors (Lipinski definition) is 2. The molecule has 0 bridgehead atoms. The number of carbonyl (C=O) groups is 1. The minimum Gasteiger partial charge on any atom is -0.445 e. The van der Waals surface area contributed by atoms with E-state index in [4.69, 9.17) is 4.74 Å². The van der Waals surface area contributed by atoms with E-state index in [0.29, 0.717) is 25.1 Å². The van der Waals surface area contributed by atoms with Crippen LogP contribution in [-0.4, -0.2) is 24.1 Å². The Morgan fingerprint density at radius 3 is 2.62 bits per heavy atom. The lowest BCUT2D eigenvalue weighted by Crippen LogP contribution is -2.35. The van der Waals surface area contributed by atoms with Crippen molar-refractivity contribution in [1.82, 2.24) is 4.90 Å². The molecule has 0 aliphatic carbocycles. The van der Waals surface area contributed by atoms with Crippen molar-refractivity contribution in [3.05, 3.63) is 77.1 Å². The third kappa shape index (κ3) is 3.65. The third-order valence-corrected chi connectivity index (χ3v) is 4.22. The van der Waals surface area contributed by atoms with Gasteiger partial charge in [-0.1, -0.05) is 48.5 Å². The minimum absolute atomic E-state index is 0.207. The van der Waals surface area contributed by atoms with E-state index in [1.807, 2.05) is 49.4 Å². The molecule has 124 valence electrons. The van der Waals surface area contributed by atoms with Gasteiger partial charge in [-0.25, -0.2) is 9.18 Å². The highest BCUT2D eigenvalue weighted by Crippen LogP contribution is 2.27. The maximum Gasteiger partial charge on any atom is 0.410 e. The van der Waals surface area contributed by atoms with Crippen LogP contribution in [0.1, 0.15) is 23.1 Å². The van der Waals surface area contributed by atoms with Crippen LogP contribution in [0.15, 0.2) is 54.6 Å². The van der Waals surface area contributed by atoms with E-state index in [1.54, 1.807) is 11.0 Å². The van der Waals surface area contributed by atoms with Crippen LogP contribution in [0, 0.1) is 12.7 Å². The van der Waals surface area contributed by atoms with E-state index in [9.17, 15) is 9.18 Å². The molecular weight excluding hydrogens is 305 g/mol. The summed E-state index contributed by atoms with van der Waals surface area (Å²) in [4.78, 5) is 13.8. The highest BCUT2D eigenvalue weighted by atomic mass is 19.1. The third-order valence-electron chi connectivity index (χ3n) is 4.22. The Morgan fingerprint density at radius 1 is 1.17 bits per heavy atom. The lowest BCUT2D eigenvalue weighted by atomic mass is 9.95. The monoisotopic (exact) mass is 325 g/mol. The van der Waals surface area contributed by atoms with Gasteiger partial charge in [-0.2, -0.15) is 0 Å². The molecule has 0 radical (unpaired) electrons. The van der Waals surface area contributed by atoms with E-state index in [0.717, 1.165) is 16.7 Å². The predicted octanol–water partition coefficient (Wildman–Crippen LogP) is 4.56. The van der Waals surface area contributed by atoms with Crippen molar-refractivity contribution in [1.29, 1.82) is 0 Å². The fraction of sp³-hybridized carbons (Fsp3) is 0.250. The molecule has 24 heavy (non-hydrogen) atoms. The van der Waals surface area contributed by atoms with E-state index < -0.39 is 0 Å². The summed E-state index contributed by atoms with van der Waals surface area (Å²) in [6.45, 7) is 3.14. The Kier molecular flexibility index (Phi) is 4.94. The van der Waals surface area contributed by atoms with Crippen molar-refractivity contribution < 1.29 is 13.9 Å². The van der Waals surface area contributed by atoms with Crippen LogP contribution < -0.4 is 0 Å². The maximum absolute atomic E-state index is 14.1. The molecule has 0 spiro atoms. The topological polar surface area (TPSA) is 29.5 Å². The lowest BCUT2D eigenvalue weighted by Gasteiger charge is -2.26. The van der Waals surface area contributed by atoms with E-state index in [1.165, 1.54) is 6.07 Å². The summed E-state index contributed by atoms with van der Waals surface area (Å²) in [7, 11) is 0. The molecule has 0 atom stereocenters. The molecule has 0 N–H and O–H groups in total. The van der Waals surface area contributed by atoms with Crippen molar-refractivity contribution in [3.63, 3.8) is 0 Å². The largest absolute Gasteiger partial charge is 0.445 e. The van der Waals surface area contributed by atoms with Crippen molar-refractivity contribution in [2.45, 2.75) is 20.0 Å². The Hall–Kier alpha value is -2.62. The number of amides is 1. The Labute approximate surface area is 141 Å². The minimum atomic E-state index is -0.334. The van der Waals surface area contributed by atoms with Gasteiger partial charge in [-0.05, 0) is 36.1 Å². The smallest absolute Gasteiger partial charge is 0.410 e. The van der Waals surface area contributed by atoms with Crippen LogP contribution in [-0.2, 0) is 11.3 Å². The molecular formula is C20H20FNO2. The summed E-state index contributed by atoms with van der Waals surface area (Å²) in [5, 5.41) is 0. The van der Waals surface area contributed by atoms with Crippen molar-refractivity contribution in [2.75, 3.05) is 13.1 Å². The van der Waals surface area contributed by atoms with Gasteiger partial charge < -0.3 is 9.64 Å². The van der Waals surface area contributed by atoms with Gasteiger partial charge in [0.05, 0.1) is 0 Å². The maximum atomic E-state index is 14.1. The zero-order valence-corrected chi connectivity index (χ0v) is 13.7. The van der Waals surface area contributed by atoms with Crippen LogP contribution >= 0.6 is 0 Å². The number of nitrogens with zero attached hydrogens (tertiary/aromatic N) is 1. The molecule has 0 saturated carbocycles. The summed E-state index contributed by atoms with van der Waals surface area (Å²) in [5.41, 5.74) is 3.50. The fourth-order valence-corrected chi connectivity index (χ4v) is 2.91. The summed E-state index contributed by atoms with van der Waals surface area (Å²) in [6.07, 6.45) is 2.21. The second-order valence-electron chi connectivity index (χ2n) is 5.90. The lowest BCUT2D eigenvalue weighted by molar-refractivity contribution is 0.0998. The van der Waals surface area contributed by atoms with Gasteiger partial charge >= 0.3 is 6.09 Å². The zero-order valence-electron chi connectivity index (χ0n) is 13.7. The average molecular weight is 325 g/mol. The number of carbonyl (C=O) groups excluding carboxylic acids is 1. The predicted molar refractivity (Wildman–Crippen MR) is 91.9 cm³/mol. The molecule has 0 fully saturated rings. The molecule has 4 heteroatoms. The van der Waals surface area contributed by atoms with Gasteiger partial charge in [-0.3, -0.25) is 0 Å². The molecule has 2 aromatic carbocycles. The number of rotatable bonds is 3. The molecule has 2 aromatic rings. The molecule has 1 amide bonds. The Morgan fingerprint density at radius 2 is 1.96 bits per heavy atom. The Balaban J connectivity index is 1.61. The standard InChI is InChI=1S/C20H20FNO2/c1-15-6-5-9-18(21)19(15)17-10-12-22(13-11-17)20(23)24-14-16-7-3-2-4-8-16/h2-10H,11-14H2,1H3. The van der Waals surface area contributed by atoms with Crippen LogP contribution in [0.5, 0.6) is 0 Å². The number of benzene rings is 2. The summed E-state index contributed by atoms with van der Waals surface area (Å²) < 4.78 is 19.4. The second-order valence-corrected chi connectivity index (χ2v) is 5.90. The second kappa shape index (κ2) is 7.30. The Bertz CT molecular complexity index is 735. The van der Waals surface area contributed by atoms with Gasteiger partial charge in [0, 0.05) is 18.7 Å². The number of halogens is 1. The van der Waals surface area contributed by atoms with Crippen LogP contribution in [0.4, 0.5) is 9.18 Å². The van der Waals surface area contributed by atoms with E-state index >= 15 is 0 Å². The van der Waals surface area contributed by atoms with Crippen molar-refractivity contribution in [3.8, 4) is 0 Å². The van der Waals surface area contributed by atoms with Crippen molar-refractivity contribution >= 4 is 11.7 Å². The molecule has 3 nitrogen and oxygen atoms in total. The van der Waals surface area contributed by atoms with E-state index in [-0.39, 0.29) is 18.5 Å². The first-order valence-electron chi connectivity index (χ1n) is 8.05. The van der Waals surface area contributed by atoms with E-state index in [2.05, 4.69) is 0 Å². The number of hydrogen-bond donors (Lipinski definition) is 0. The molecule has 1 aliphatic rings. The number of ether oxygens (including phenoxy) is 1. The van der Waals surface area contributed by atoms with Gasteiger partial charge in [-0.15, -0.1) is 0 Å². The highest BCUT2D eigenvalue weighted by molar-refractivity contribution is 5.73. The summed E-state index contributed by atoms with van der Waals surface area (Å²) in [6, 6.07) is 14.7. The molecule has 3 rings (SSSR count). The van der Waals surface area contributed by atoms with Crippen LogP contribution in [0.3, 0.4) is 0 Å². The normalized spacial score (nSPS) is 14.2. The molecule has 1 aliphatic heterocycles. The quantitative estimate of drug-likeness (QED) is 0.828.